The van der Waals surface area contributed by atoms with E-state index in [2.05, 4.69) is 152 Å². The van der Waals surface area contributed by atoms with Crippen molar-refractivity contribution in [2.75, 3.05) is 0 Å². The fourth-order valence-corrected chi connectivity index (χ4v) is 16.0. The smallest absolute Gasteiger partial charge is 0.130 e. The van der Waals surface area contributed by atoms with Crippen LogP contribution < -0.4 is 0 Å². The number of allylic oxidation sites excluding steroid dienone is 2. The number of hydrogen-bond acceptors (Lipinski definition) is 2. The van der Waals surface area contributed by atoms with Crippen LogP contribution in [0.25, 0.3) is 45.6 Å². The standard InChI is InChI=1S/C49H48O2Si/c1-28-22-40-38(46(32(28)5)36-16-11-9-12-17-36)26-42(44-24-30(3)34(7)50-44)48(40)52(20-15-21-52)49-41-23-29(2)33(6)47(37-18-13-10-14-19-37)39(41)27-43(49)45-25-31(4)35(8)51-45/h9-14,16-19,22-27,48-49H,15,20-21H2,1-8H3. The molecule has 3 heterocycles. The van der Waals surface area contributed by atoms with Gasteiger partial charge in [-0.25, -0.2) is 0 Å². The highest BCUT2D eigenvalue weighted by Crippen LogP contribution is 2.65. The van der Waals surface area contributed by atoms with Crippen molar-refractivity contribution in [3.05, 3.63) is 164 Å². The minimum absolute atomic E-state index is 0.293. The third-order valence-corrected chi connectivity index (χ3v) is 19.3. The highest BCUT2D eigenvalue weighted by molar-refractivity contribution is 6.88. The van der Waals surface area contributed by atoms with E-state index in [4.69, 9.17) is 8.83 Å². The first-order chi connectivity index (χ1) is 25.1. The monoisotopic (exact) mass is 696 g/mol. The summed E-state index contributed by atoms with van der Waals surface area (Å²) in [4.78, 5) is 0. The summed E-state index contributed by atoms with van der Waals surface area (Å²) < 4.78 is 13.4. The van der Waals surface area contributed by atoms with Gasteiger partial charge in [-0.3, -0.25) is 0 Å². The van der Waals surface area contributed by atoms with Gasteiger partial charge in [0.25, 0.3) is 0 Å². The predicted octanol–water partition coefficient (Wildman–Crippen LogP) is 13.6. The summed E-state index contributed by atoms with van der Waals surface area (Å²) in [6.07, 6.45) is 6.34. The fourth-order valence-electron chi connectivity index (χ4n) is 9.91. The van der Waals surface area contributed by atoms with Gasteiger partial charge in [0, 0.05) is 22.2 Å². The van der Waals surface area contributed by atoms with E-state index in [0.29, 0.717) is 11.1 Å². The first-order valence-corrected chi connectivity index (χ1v) is 21.6. The second-order valence-electron chi connectivity index (χ2n) is 16.0. The average Bonchev–Trinajstić information content (AvgIpc) is 3.87. The molecule has 2 aliphatic carbocycles. The van der Waals surface area contributed by atoms with Crippen molar-refractivity contribution in [1.29, 1.82) is 0 Å². The van der Waals surface area contributed by atoms with Crippen molar-refractivity contribution in [2.24, 2.45) is 0 Å². The Labute approximate surface area is 309 Å². The summed E-state index contributed by atoms with van der Waals surface area (Å²) in [5.41, 5.74) is 22.4. The molecule has 2 atom stereocenters. The first-order valence-electron chi connectivity index (χ1n) is 19.0. The minimum atomic E-state index is -2.27. The molecule has 0 N–H and O–H groups in total. The molecule has 1 aliphatic heterocycles. The predicted molar refractivity (Wildman–Crippen MR) is 220 cm³/mol. The lowest BCUT2D eigenvalue weighted by Crippen LogP contribution is -2.53. The lowest BCUT2D eigenvalue weighted by molar-refractivity contribution is 0.516. The lowest BCUT2D eigenvalue weighted by Gasteiger charge is -2.51. The molecule has 52 heavy (non-hydrogen) atoms. The minimum Gasteiger partial charge on any atom is -0.461 e. The molecule has 6 aromatic rings. The van der Waals surface area contributed by atoms with Crippen LogP contribution in [0.3, 0.4) is 0 Å². The van der Waals surface area contributed by atoms with Crippen molar-refractivity contribution >= 4 is 31.4 Å². The highest BCUT2D eigenvalue weighted by atomic mass is 28.3. The molecule has 3 heteroatoms. The van der Waals surface area contributed by atoms with Crippen LogP contribution >= 0.6 is 0 Å². The number of rotatable bonds is 6. The summed E-state index contributed by atoms with van der Waals surface area (Å²) in [5, 5.41) is 0. The van der Waals surface area contributed by atoms with Crippen molar-refractivity contribution in [2.45, 2.75) is 85.0 Å². The van der Waals surface area contributed by atoms with E-state index in [1.54, 1.807) is 0 Å². The molecule has 2 aromatic heterocycles. The molecule has 3 aliphatic rings. The van der Waals surface area contributed by atoms with Crippen molar-refractivity contribution in [3.8, 4) is 22.3 Å². The van der Waals surface area contributed by atoms with E-state index >= 15 is 0 Å². The topological polar surface area (TPSA) is 26.3 Å². The van der Waals surface area contributed by atoms with Gasteiger partial charge < -0.3 is 8.83 Å². The van der Waals surface area contributed by atoms with Crippen LogP contribution in [-0.2, 0) is 0 Å². The third-order valence-electron chi connectivity index (χ3n) is 13.1. The van der Waals surface area contributed by atoms with Crippen LogP contribution in [0.15, 0.2) is 93.8 Å². The molecular formula is C49H48O2Si. The van der Waals surface area contributed by atoms with Crippen molar-refractivity contribution in [3.63, 3.8) is 0 Å². The van der Waals surface area contributed by atoms with E-state index in [-0.39, 0.29) is 0 Å². The second kappa shape index (κ2) is 12.1. The van der Waals surface area contributed by atoms with Gasteiger partial charge in [0.05, 0.1) is 8.07 Å². The Balaban J connectivity index is 1.34. The van der Waals surface area contributed by atoms with Crippen LogP contribution in [0.2, 0.25) is 12.1 Å². The van der Waals surface area contributed by atoms with E-state index in [1.807, 2.05) is 0 Å². The molecule has 0 saturated carbocycles. The van der Waals surface area contributed by atoms with Crippen molar-refractivity contribution < 1.29 is 8.83 Å². The zero-order chi connectivity index (χ0) is 36.1. The molecule has 0 spiro atoms. The van der Waals surface area contributed by atoms with Crippen LogP contribution in [0, 0.1) is 55.4 Å². The summed E-state index contributed by atoms with van der Waals surface area (Å²) in [6.45, 7) is 17.8. The first kappa shape index (κ1) is 33.0. The van der Waals surface area contributed by atoms with Gasteiger partial charge in [-0.05, 0) is 158 Å². The Morgan fingerprint density at radius 2 is 0.904 bits per heavy atom. The molecular weight excluding hydrogens is 649 g/mol. The van der Waals surface area contributed by atoms with Crippen LogP contribution in [0.5, 0.6) is 0 Å². The van der Waals surface area contributed by atoms with E-state index in [1.165, 1.54) is 108 Å². The number of aryl methyl sites for hydroxylation is 6. The van der Waals surface area contributed by atoms with Gasteiger partial charge in [0.15, 0.2) is 0 Å². The van der Waals surface area contributed by atoms with Gasteiger partial charge >= 0.3 is 0 Å². The fraction of sp³-hybridized carbons (Fsp3) is 0.265. The molecule has 0 radical (unpaired) electrons. The molecule has 2 unspecified atom stereocenters. The van der Waals surface area contributed by atoms with E-state index < -0.39 is 8.07 Å². The van der Waals surface area contributed by atoms with Crippen molar-refractivity contribution in [1.82, 2.24) is 0 Å². The summed E-state index contributed by atoms with van der Waals surface area (Å²) in [7, 11) is -2.27. The summed E-state index contributed by atoms with van der Waals surface area (Å²) in [5.74, 6) is 4.11. The number of benzene rings is 4. The largest absolute Gasteiger partial charge is 0.461 e. The van der Waals surface area contributed by atoms with Crippen LogP contribution in [0.4, 0.5) is 0 Å². The van der Waals surface area contributed by atoms with Crippen LogP contribution in [-0.4, -0.2) is 8.07 Å². The van der Waals surface area contributed by atoms with Gasteiger partial charge in [0.2, 0.25) is 0 Å². The third kappa shape index (κ3) is 4.81. The molecule has 9 rings (SSSR count). The summed E-state index contributed by atoms with van der Waals surface area (Å²) in [6, 6.07) is 34.4. The maximum Gasteiger partial charge on any atom is 0.130 e. The zero-order valence-corrected chi connectivity index (χ0v) is 32.8. The molecule has 1 fully saturated rings. The molecule has 1 saturated heterocycles. The molecule has 0 bridgehead atoms. The van der Waals surface area contributed by atoms with Gasteiger partial charge in [-0.1, -0.05) is 91.3 Å². The van der Waals surface area contributed by atoms with E-state index in [0.717, 1.165) is 23.0 Å². The Morgan fingerprint density at radius 1 is 0.500 bits per heavy atom. The maximum atomic E-state index is 6.72. The molecule has 0 amide bonds. The Bertz CT molecular complexity index is 2260. The average molecular weight is 697 g/mol. The van der Waals surface area contributed by atoms with Gasteiger partial charge in [-0.15, -0.1) is 0 Å². The molecule has 260 valence electrons. The lowest BCUT2D eigenvalue weighted by atomic mass is 9.89. The zero-order valence-electron chi connectivity index (χ0n) is 31.8. The Kier molecular flexibility index (Phi) is 7.68. The number of hydrogen-bond donors (Lipinski definition) is 0. The quantitative estimate of drug-likeness (QED) is 0.162. The van der Waals surface area contributed by atoms with Gasteiger partial charge in [-0.2, -0.15) is 0 Å². The number of fused-ring (bicyclic) bond motifs is 2. The molecule has 4 aromatic carbocycles. The molecule has 2 nitrogen and oxygen atoms in total. The Hall–Kier alpha value is -4.86. The normalized spacial score (nSPS) is 18.5. The SMILES string of the molecule is Cc1cc(C2=Cc3c(cc(C)c(C)c3-c3ccccc3)C2[Si]2(C3C(c4cc(C)c(C)o4)=Cc4c3cc(C)c(C)c4-c3ccccc3)CCC2)oc1C. The summed E-state index contributed by atoms with van der Waals surface area (Å²) >= 11 is 0. The van der Waals surface area contributed by atoms with Gasteiger partial charge in [0.1, 0.15) is 23.0 Å². The van der Waals surface area contributed by atoms with Crippen LogP contribution in [0.1, 0.15) is 96.2 Å². The van der Waals surface area contributed by atoms with E-state index in [9.17, 15) is 0 Å². The Morgan fingerprint density at radius 3 is 1.23 bits per heavy atom. The highest BCUT2D eigenvalue weighted by Gasteiger charge is 2.59. The maximum absolute atomic E-state index is 6.72. The number of furan rings is 2. The second-order valence-corrected chi connectivity index (χ2v) is 20.6.